The summed E-state index contributed by atoms with van der Waals surface area (Å²) in [6.45, 7) is 7.44. The van der Waals surface area contributed by atoms with Gasteiger partial charge in [0.25, 0.3) is 11.8 Å². The highest BCUT2D eigenvalue weighted by atomic mass is 16.2. The largest absolute Gasteiger partial charge is 0.281 e. The van der Waals surface area contributed by atoms with Gasteiger partial charge in [-0.05, 0) is 52.0 Å². The monoisotopic (exact) mass is 372 g/mol. The van der Waals surface area contributed by atoms with Crippen LogP contribution in [0.3, 0.4) is 0 Å². The van der Waals surface area contributed by atoms with Gasteiger partial charge in [0.1, 0.15) is 0 Å². The second kappa shape index (κ2) is 6.56. The minimum absolute atomic E-state index is 0.307. The Hall–Kier alpha value is -3.54. The van der Waals surface area contributed by atoms with Crippen LogP contribution in [0.4, 0.5) is 11.4 Å². The highest BCUT2D eigenvalue weighted by molar-refractivity contribution is 6.41. The molecular formula is C22H20N4O2. The van der Waals surface area contributed by atoms with Gasteiger partial charge in [-0.1, -0.05) is 35.4 Å². The summed E-state index contributed by atoms with van der Waals surface area (Å²) < 4.78 is 0. The SMILES string of the molecule is CC1=NN(c2ccc(C)cc2)C(=O)/C1=C1/C(=O)N(c2ccc(C)cc2)N=C1C. The number of carbonyl (C=O) groups excluding carboxylic acids is 2. The second-order valence-corrected chi connectivity index (χ2v) is 7.03. The van der Waals surface area contributed by atoms with Crippen molar-refractivity contribution < 1.29 is 9.59 Å². The molecule has 6 nitrogen and oxygen atoms in total. The van der Waals surface area contributed by atoms with Gasteiger partial charge in [-0.15, -0.1) is 0 Å². The molecule has 6 heteroatoms. The molecule has 0 spiro atoms. The Kier molecular flexibility index (Phi) is 4.19. The maximum Gasteiger partial charge on any atom is 0.281 e. The number of aryl methyl sites for hydroxylation is 2. The fourth-order valence-corrected chi connectivity index (χ4v) is 3.31. The third kappa shape index (κ3) is 2.83. The Bertz CT molecular complexity index is 989. The number of hydrogen-bond donors (Lipinski definition) is 0. The van der Waals surface area contributed by atoms with Crippen molar-refractivity contribution in [1.29, 1.82) is 0 Å². The van der Waals surface area contributed by atoms with Crippen LogP contribution >= 0.6 is 0 Å². The van der Waals surface area contributed by atoms with E-state index < -0.39 is 0 Å². The average molecular weight is 372 g/mol. The molecule has 2 amide bonds. The van der Waals surface area contributed by atoms with Crippen molar-refractivity contribution in [3.05, 3.63) is 70.8 Å². The minimum Gasteiger partial charge on any atom is -0.267 e. The predicted octanol–water partition coefficient (Wildman–Crippen LogP) is 3.75. The first-order chi connectivity index (χ1) is 13.4. The van der Waals surface area contributed by atoms with Crippen molar-refractivity contribution in [1.82, 2.24) is 0 Å². The molecule has 2 aliphatic rings. The molecule has 0 radical (unpaired) electrons. The van der Waals surface area contributed by atoms with Gasteiger partial charge in [0.15, 0.2) is 0 Å². The molecule has 4 rings (SSSR count). The van der Waals surface area contributed by atoms with Crippen LogP contribution in [0.1, 0.15) is 25.0 Å². The van der Waals surface area contributed by atoms with Gasteiger partial charge < -0.3 is 0 Å². The van der Waals surface area contributed by atoms with Crippen LogP contribution in [-0.2, 0) is 9.59 Å². The van der Waals surface area contributed by atoms with Gasteiger partial charge in [-0.2, -0.15) is 20.2 Å². The first kappa shape index (κ1) is 17.9. The number of nitrogens with zero attached hydrogens (tertiary/aromatic N) is 4. The molecule has 0 unspecified atom stereocenters. The molecule has 2 aromatic carbocycles. The van der Waals surface area contributed by atoms with Crippen LogP contribution < -0.4 is 10.0 Å². The van der Waals surface area contributed by atoms with Gasteiger partial charge in [0.05, 0.1) is 33.9 Å². The Labute approximate surface area is 163 Å². The molecule has 0 saturated heterocycles. The van der Waals surface area contributed by atoms with E-state index in [1.165, 1.54) is 10.0 Å². The summed E-state index contributed by atoms with van der Waals surface area (Å²) >= 11 is 0. The molecule has 0 atom stereocenters. The van der Waals surface area contributed by atoms with Crippen LogP contribution in [0.2, 0.25) is 0 Å². The number of carbonyl (C=O) groups is 2. The third-order valence-corrected chi connectivity index (χ3v) is 4.84. The topological polar surface area (TPSA) is 65.3 Å². The number of anilines is 2. The van der Waals surface area contributed by atoms with E-state index >= 15 is 0 Å². The summed E-state index contributed by atoms with van der Waals surface area (Å²) in [6, 6.07) is 15.1. The van der Waals surface area contributed by atoms with Crippen molar-refractivity contribution in [2.75, 3.05) is 10.0 Å². The van der Waals surface area contributed by atoms with Crippen molar-refractivity contribution in [3.8, 4) is 0 Å². The van der Waals surface area contributed by atoms with Crippen LogP contribution in [0.5, 0.6) is 0 Å². The van der Waals surface area contributed by atoms with E-state index in [0.29, 0.717) is 33.9 Å². The Morgan fingerprint density at radius 1 is 0.571 bits per heavy atom. The Morgan fingerprint density at radius 2 is 0.893 bits per heavy atom. The number of hydrogen-bond acceptors (Lipinski definition) is 4. The molecule has 28 heavy (non-hydrogen) atoms. The fraction of sp³-hybridized carbons (Fsp3) is 0.182. The van der Waals surface area contributed by atoms with E-state index in [0.717, 1.165) is 11.1 Å². The molecule has 2 aliphatic heterocycles. The van der Waals surface area contributed by atoms with Gasteiger partial charge in [-0.25, -0.2) is 0 Å². The summed E-state index contributed by atoms with van der Waals surface area (Å²) in [5, 5.41) is 11.5. The summed E-state index contributed by atoms with van der Waals surface area (Å²) in [5.74, 6) is -0.630. The standard InChI is InChI=1S/C22H20N4O2/c1-13-5-9-17(10-6-13)25-21(27)19(15(3)23-25)20-16(4)24-26(22(20)28)18-11-7-14(2)8-12-18/h5-12H,1-4H3/b20-19+. The molecular weight excluding hydrogens is 352 g/mol. The normalized spacial score (nSPS) is 19.4. The molecule has 0 aliphatic carbocycles. The molecule has 2 heterocycles. The van der Waals surface area contributed by atoms with Crippen LogP contribution in [0, 0.1) is 13.8 Å². The zero-order valence-corrected chi connectivity index (χ0v) is 16.2. The Morgan fingerprint density at radius 3 is 1.21 bits per heavy atom. The lowest BCUT2D eigenvalue weighted by Gasteiger charge is -2.13. The lowest BCUT2D eigenvalue weighted by molar-refractivity contribution is -0.116. The van der Waals surface area contributed by atoms with E-state index in [4.69, 9.17) is 0 Å². The highest BCUT2D eigenvalue weighted by Crippen LogP contribution is 2.31. The van der Waals surface area contributed by atoms with Crippen LogP contribution in [0.25, 0.3) is 0 Å². The highest BCUT2D eigenvalue weighted by Gasteiger charge is 2.39. The lowest BCUT2D eigenvalue weighted by Crippen LogP contribution is -2.27. The fourth-order valence-electron chi connectivity index (χ4n) is 3.31. The molecule has 0 saturated carbocycles. The average Bonchev–Trinajstić information content (AvgIpc) is 3.12. The van der Waals surface area contributed by atoms with E-state index in [1.54, 1.807) is 13.8 Å². The maximum absolute atomic E-state index is 13.1. The molecule has 2 aromatic rings. The van der Waals surface area contributed by atoms with E-state index in [1.807, 2.05) is 62.4 Å². The quantitative estimate of drug-likeness (QED) is 0.754. The molecule has 0 bridgehead atoms. The number of rotatable bonds is 2. The zero-order valence-electron chi connectivity index (χ0n) is 16.2. The lowest BCUT2D eigenvalue weighted by atomic mass is 10.0. The van der Waals surface area contributed by atoms with E-state index in [-0.39, 0.29) is 11.8 Å². The summed E-state index contributed by atoms with van der Waals surface area (Å²) in [7, 11) is 0. The van der Waals surface area contributed by atoms with Crippen molar-refractivity contribution in [2.45, 2.75) is 27.7 Å². The van der Waals surface area contributed by atoms with Gasteiger partial charge >= 0.3 is 0 Å². The number of amides is 2. The van der Waals surface area contributed by atoms with Crippen molar-refractivity contribution >= 4 is 34.6 Å². The van der Waals surface area contributed by atoms with Crippen LogP contribution in [0.15, 0.2) is 69.9 Å². The summed E-state index contributed by atoms with van der Waals surface area (Å²) in [4.78, 5) is 26.2. The van der Waals surface area contributed by atoms with E-state index in [2.05, 4.69) is 10.2 Å². The minimum atomic E-state index is -0.315. The molecule has 0 N–H and O–H groups in total. The van der Waals surface area contributed by atoms with Gasteiger partial charge in [0, 0.05) is 0 Å². The summed E-state index contributed by atoms with van der Waals surface area (Å²) in [6.07, 6.45) is 0. The van der Waals surface area contributed by atoms with Crippen molar-refractivity contribution in [3.63, 3.8) is 0 Å². The van der Waals surface area contributed by atoms with Gasteiger partial charge in [-0.3, -0.25) is 9.59 Å². The van der Waals surface area contributed by atoms with Gasteiger partial charge in [0.2, 0.25) is 0 Å². The number of benzene rings is 2. The second-order valence-electron chi connectivity index (χ2n) is 7.03. The summed E-state index contributed by atoms with van der Waals surface area (Å²) in [5.41, 5.74) is 5.16. The van der Waals surface area contributed by atoms with E-state index in [9.17, 15) is 9.59 Å². The smallest absolute Gasteiger partial charge is 0.267 e. The zero-order chi connectivity index (χ0) is 20.0. The number of hydrazone groups is 2. The third-order valence-electron chi connectivity index (χ3n) is 4.84. The molecule has 140 valence electrons. The molecule has 0 fully saturated rings. The van der Waals surface area contributed by atoms with Crippen LogP contribution in [-0.4, -0.2) is 23.2 Å². The van der Waals surface area contributed by atoms with Crippen molar-refractivity contribution in [2.24, 2.45) is 10.2 Å². The predicted molar refractivity (Wildman–Crippen MR) is 111 cm³/mol. The first-order valence-corrected chi connectivity index (χ1v) is 9.04. The maximum atomic E-state index is 13.1. The first-order valence-electron chi connectivity index (χ1n) is 9.04. The molecule has 0 aromatic heterocycles. The Balaban J connectivity index is 1.73.